The molecule has 0 N–H and O–H groups in total. The van der Waals surface area contributed by atoms with Gasteiger partial charge in [-0.2, -0.15) is 4.21 Å². The summed E-state index contributed by atoms with van der Waals surface area (Å²) in [5.74, 6) is 0.640. The van der Waals surface area contributed by atoms with Crippen LogP contribution in [0.15, 0.2) is 24.0 Å². The molecule has 0 saturated heterocycles. The highest BCUT2D eigenvalue weighted by atomic mass is 32.2. The molecule has 0 aliphatic rings. The summed E-state index contributed by atoms with van der Waals surface area (Å²) < 4.78 is 26.2. The quantitative estimate of drug-likeness (QED) is 0.389. The minimum Gasteiger partial charge on any atom is -0.377 e. The minimum absolute atomic E-state index is 0.282. The van der Waals surface area contributed by atoms with Crippen molar-refractivity contribution in [3.63, 3.8) is 0 Å². The molecule has 0 radical (unpaired) electrons. The van der Waals surface area contributed by atoms with E-state index in [1.807, 2.05) is 19.9 Å². The normalized spacial score (nSPS) is 15.6. The van der Waals surface area contributed by atoms with Gasteiger partial charge in [0.05, 0.1) is 0 Å². The van der Waals surface area contributed by atoms with Gasteiger partial charge in [-0.3, -0.25) is 0 Å². The molecule has 0 aromatic carbocycles. The Labute approximate surface area is 75.1 Å². The maximum atomic E-state index is 11.8. The van der Waals surface area contributed by atoms with Crippen molar-refractivity contribution in [1.29, 1.82) is 0 Å². The third kappa shape index (κ3) is 6.09. The molecule has 0 fully saturated rings. The van der Waals surface area contributed by atoms with Gasteiger partial charge in [0, 0.05) is 0 Å². The average Bonchev–Trinajstić information content (AvgIpc) is 1.97. The molecule has 0 aliphatic heterocycles. The third-order valence-corrected chi connectivity index (χ3v) is 1.42. The van der Waals surface area contributed by atoms with E-state index < -0.39 is 11.5 Å². The fourth-order valence-corrected chi connectivity index (χ4v) is 0.838. The monoisotopic (exact) mass is 192 g/mol. The lowest BCUT2D eigenvalue weighted by atomic mass is 10.2. The molecule has 70 valence electrons. The first-order valence-electron chi connectivity index (χ1n) is 3.67. The van der Waals surface area contributed by atoms with E-state index in [0.717, 1.165) is 0 Å². The maximum Gasteiger partial charge on any atom is 0.401 e. The van der Waals surface area contributed by atoms with E-state index in [1.165, 1.54) is 0 Å². The van der Waals surface area contributed by atoms with Gasteiger partial charge in [0.1, 0.15) is 5.76 Å². The first-order chi connectivity index (χ1) is 5.56. The van der Waals surface area contributed by atoms with E-state index in [-0.39, 0.29) is 5.76 Å². The highest BCUT2D eigenvalue weighted by Crippen LogP contribution is 2.05. The summed E-state index contributed by atoms with van der Waals surface area (Å²) >= 11 is -2.73. The van der Waals surface area contributed by atoms with Crippen LogP contribution in [-0.2, 0) is 15.6 Å². The summed E-state index contributed by atoms with van der Waals surface area (Å²) in [7, 11) is 0. The van der Waals surface area contributed by atoms with Crippen molar-refractivity contribution in [3.05, 3.63) is 24.0 Å². The largest absolute Gasteiger partial charge is 0.401 e. The highest BCUT2D eigenvalue weighted by molar-refractivity contribution is 7.74. The Bertz CT molecular complexity index is 209. The first-order valence-corrected chi connectivity index (χ1v) is 4.64. The summed E-state index contributed by atoms with van der Waals surface area (Å²) in [5.41, 5.74) is 0. The Balaban J connectivity index is 4.11. The minimum atomic E-state index is -2.73. The van der Waals surface area contributed by atoms with Crippen LogP contribution in [0.4, 0.5) is 3.89 Å². The summed E-state index contributed by atoms with van der Waals surface area (Å²) in [6.07, 6.45) is 4.99. The molecule has 0 aliphatic carbocycles. The fraction of sp³-hybridized carbons (Fsp3) is 0.500. The number of hydrogen-bond acceptors (Lipinski definition) is 2. The zero-order valence-electron chi connectivity index (χ0n) is 7.41. The average molecular weight is 192 g/mol. The van der Waals surface area contributed by atoms with Gasteiger partial charge in [0.25, 0.3) is 0 Å². The lowest BCUT2D eigenvalue weighted by molar-refractivity contribution is 0.439. The van der Waals surface area contributed by atoms with Crippen LogP contribution in [0.5, 0.6) is 0 Å². The van der Waals surface area contributed by atoms with Crippen LogP contribution in [0.3, 0.4) is 0 Å². The molecule has 0 bridgehead atoms. The van der Waals surface area contributed by atoms with E-state index in [0.29, 0.717) is 5.92 Å². The van der Waals surface area contributed by atoms with Gasteiger partial charge in [0.15, 0.2) is 0 Å². The maximum absolute atomic E-state index is 11.8. The number of halogens is 1. The Morgan fingerprint density at radius 3 is 2.50 bits per heavy atom. The molecular weight excluding hydrogens is 179 g/mol. The van der Waals surface area contributed by atoms with Gasteiger partial charge in [0.2, 0.25) is 0 Å². The SMILES string of the molecule is C/C=C(\C=C/C(C)C)OS(=O)F. The summed E-state index contributed by atoms with van der Waals surface area (Å²) in [5, 5.41) is 0. The van der Waals surface area contributed by atoms with Crippen LogP contribution in [0, 0.1) is 5.92 Å². The Morgan fingerprint density at radius 1 is 1.58 bits per heavy atom. The topological polar surface area (TPSA) is 26.3 Å². The van der Waals surface area contributed by atoms with E-state index >= 15 is 0 Å². The standard InChI is InChI=1S/C8H13FO2S/c1-4-8(11-12(9)10)6-5-7(2)3/h4-7H,1-3H3/b6-5-,8-4+. The van der Waals surface area contributed by atoms with Crippen molar-refractivity contribution in [1.82, 2.24) is 0 Å². The van der Waals surface area contributed by atoms with E-state index in [9.17, 15) is 8.09 Å². The lowest BCUT2D eigenvalue weighted by Crippen LogP contribution is -1.89. The van der Waals surface area contributed by atoms with Gasteiger partial charge < -0.3 is 4.18 Å². The molecule has 1 atom stereocenters. The van der Waals surface area contributed by atoms with Crippen LogP contribution >= 0.6 is 0 Å². The molecule has 0 rings (SSSR count). The van der Waals surface area contributed by atoms with Crippen molar-refractivity contribution in [3.8, 4) is 0 Å². The van der Waals surface area contributed by atoms with Crippen molar-refractivity contribution >= 4 is 11.5 Å². The predicted molar refractivity (Wildman–Crippen MR) is 48.1 cm³/mol. The Kier molecular flexibility index (Phi) is 5.62. The van der Waals surface area contributed by atoms with Crippen molar-refractivity contribution in [2.45, 2.75) is 20.8 Å². The Morgan fingerprint density at radius 2 is 2.17 bits per heavy atom. The van der Waals surface area contributed by atoms with Crippen LogP contribution in [-0.4, -0.2) is 4.21 Å². The van der Waals surface area contributed by atoms with Crippen LogP contribution < -0.4 is 0 Å². The Hall–Kier alpha value is -0.640. The second-order valence-electron chi connectivity index (χ2n) is 2.57. The van der Waals surface area contributed by atoms with E-state index in [2.05, 4.69) is 4.18 Å². The molecule has 0 amide bonds. The van der Waals surface area contributed by atoms with Crippen LogP contribution in [0.1, 0.15) is 20.8 Å². The second-order valence-corrected chi connectivity index (χ2v) is 3.13. The highest BCUT2D eigenvalue weighted by Gasteiger charge is 1.98. The summed E-state index contributed by atoms with van der Waals surface area (Å²) in [4.78, 5) is 0. The smallest absolute Gasteiger partial charge is 0.377 e. The lowest BCUT2D eigenvalue weighted by Gasteiger charge is -1.98. The zero-order chi connectivity index (χ0) is 9.56. The van der Waals surface area contributed by atoms with Crippen molar-refractivity contribution in [2.75, 3.05) is 0 Å². The van der Waals surface area contributed by atoms with E-state index in [4.69, 9.17) is 0 Å². The third-order valence-electron chi connectivity index (χ3n) is 1.09. The number of hydrogen-bond donors (Lipinski definition) is 0. The van der Waals surface area contributed by atoms with Gasteiger partial charge in [-0.25, -0.2) is 0 Å². The predicted octanol–water partition coefficient (Wildman–Crippen LogP) is 2.67. The van der Waals surface area contributed by atoms with Gasteiger partial charge in [-0.1, -0.05) is 23.8 Å². The van der Waals surface area contributed by atoms with Gasteiger partial charge in [-0.15, -0.1) is 0 Å². The molecule has 4 heteroatoms. The van der Waals surface area contributed by atoms with Crippen molar-refractivity contribution < 1.29 is 12.3 Å². The first kappa shape index (κ1) is 11.4. The van der Waals surface area contributed by atoms with Crippen LogP contribution in [0.2, 0.25) is 0 Å². The zero-order valence-corrected chi connectivity index (χ0v) is 8.23. The molecule has 0 spiro atoms. The molecule has 2 nitrogen and oxygen atoms in total. The molecule has 1 unspecified atom stereocenters. The molecule has 0 saturated carbocycles. The van der Waals surface area contributed by atoms with Gasteiger partial charge in [-0.05, 0) is 25.0 Å². The fourth-order valence-electron chi connectivity index (χ4n) is 0.535. The molecule has 12 heavy (non-hydrogen) atoms. The van der Waals surface area contributed by atoms with Crippen LogP contribution in [0.25, 0.3) is 0 Å². The molecular formula is C8H13FO2S. The van der Waals surface area contributed by atoms with Crippen molar-refractivity contribution in [2.24, 2.45) is 5.92 Å². The van der Waals surface area contributed by atoms with Gasteiger partial charge >= 0.3 is 11.5 Å². The van der Waals surface area contributed by atoms with E-state index in [1.54, 1.807) is 19.1 Å². The molecule has 0 aromatic rings. The second kappa shape index (κ2) is 5.94. The number of allylic oxidation sites excluding steroid dienone is 3. The summed E-state index contributed by atoms with van der Waals surface area (Å²) in [6, 6.07) is 0. The molecule has 0 heterocycles. The number of rotatable bonds is 4. The summed E-state index contributed by atoms with van der Waals surface area (Å²) in [6.45, 7) is 5.65. The molecule has 0 aromatic heterocycles.